The van der Waals surface area contributed by atoms with E-state index in [9.17, 15) is 26.4 Å². The van der Waals surface area contributed by atoms with Crippen LogP contribution in [0.4, 0.5) is 13.2 Å². The van der Waals surface area contributed by atoms with E-state index in [2.05, 4.69) is 9.98 Å². The Kier molecular flexibility index (Phi) is 7.08. The number of allylic oxidation sites excluding steroid dienone is 2. The number of ether oxygens (including phenoxy) is 1. The van der Waals surface area contributed by atoms with Gasteiger partial charge in [-0.1, -0.05) is 12.1 Å². The van der Waals surface area contributed by atoms with E-state index in [0.717, 1.165) is 6.26 Å². The summed E-state index contributed by atoms with van der Waals surface area (Å²) in [6.45, 7) is 1.20. The third-order valence-corrected chi connectivity index (χ3v) is 4.95. The number of aromatic nitrogens is 1. The first-order valence-electron chi connectivity index (χ1n) is 8.66. The van der Waals surface area contributed by atoms with Crippen molar-refractivity contribution in [1.29, 1.82) is 0 Å². The largest absolute Gasteiger partial charge is 0.465 e. The highest BCUT2D eigenvalue weighted by atomic mass is 32.2. The number of nitrogens with two attached hydrogens (primary N) is 1. The Morgan fingerprint density at radius 3 is 2.57 bits per heavy atom. The second kappa shape index (κ2) is 9.16. The smallest absolute Gasteiger partial charge is 0.430 e. The van der Waals surface area contributed by atoms with Crippen LogP contribution < -0.4 is 5.73 Å². The van der Waals surface area contributed by atoms with Gasteiger partial charge in [-0.2, -0.15) is 13.2 Å². The van der Waals surface area contributed by atoms with Crippen LogP contribution in [0, 0.1) is 0 Å². The second-order valence-corrected chi connectivity index (χ2v) is 8.21. The number of carbonyl (C=O) groups is 1. The Morgan fingerprint density at radius 2 is 1.97 bits per heavy atom. The minimum Gasteiger partial charge on any atom is -0.465 e. The number of alkyl halides is 3. The predicted octanol–water partition coefficient (Wildman–Crippen LogP) is 2.84. The lowest BCUT2D eigenvalue weighted by Crippen LogP contribution is -2.21. The zero-order chi connectivity index (χ0) is 22.5. The van der Waals surface area contributed by atoms with Gasteiger partial charge in [0.25, 0.3) is 0 Å². The molecule has 0 radical (unpaired) electrons. The van der Waals surface area contributed by atoms with E-state index < -0.39 is 34.2 Å². The Hall–Kier alpha value is -3.08. The molecule has 0 saturated carbocycles. The van der Waals surface area contributed by atoms with E-state index in [1.54, 1.807) is 25.1 Å². The molecule has 2 rings (SSSR count). The number of rotatable bonds is 7. The normalized spacial score (nSPS) is 13.4. The highest BCUT2D eigenvalue weighted by Crippen LogP contribution is 2.24. The van der Waals surface area contributed by atoms with Gasteiger partial charge >= 0.3 is 12.1 Å². The number of H-pyrrole nitrogens is 1. The van der Waals surface area contributed by atoms with Gasteiger partial charge in [0.1, 0.15) is 12.2 Å². The van der Waals surface area contributed by atoms with E-state index in [-0.39, 0.29) is 22.9 Å². The maximum absolute atomic E-state index is 12.9. The van der Waals surface area contributed by atoms with Gasteiger partial charge in [0.05, 0.1) is 22.9 Å². The quantitative estimate of drug-likeness (QED) is 0.505. The summed E-state index contributed by atoms with van der Waals surface area (Å²) in [6, 6.07) is 9.05. The number of aliphatic imine (C=N–C) groups is 1. The summed E-state index contributed by atoms with van der Waals surface area (Å²) in [5, 5.41) is 0. The van der Waals surface area contributed by atoms with Crippen molar-refractivity contribution < 1.29 is 31.1 Å². The summed E-state index contributed by atoms with van der Waals surface area (Å²) in [5.41, 5.74) is 4.61. The number of sulfone groups is 1. The molecule has 11 heteroatoms. The average molecular weight is 443 g/mol. The molecule has 0 aliphatic heterocycles. The van der Waals surface area contributed by atoms with Gasteiger partial charge in [0.2, 0.25) is 0 Å². The van der Waals surface area contributed by atoms with E-state index in [4.69, 9.17) is 10.5 Å². The molecular formula is C19H20F3N3O4S. The molecule has 7 nitrogen and oxygen atoms in total. The third kappa shape index (κ3) is 6.21. The summed E-state index contributed by atoms with van der Waals surface area (Å²) >= 11 is 0. The minimum atomic E-state index is -4.77. The summed E-state index contributed by atoms with van der Waals surface area (Å²) in [4.78, 5) is 18.4. The SMILES string of the molecule is CCOC(=O)CN=C(C=C(N)C(F)(F)F)c1ccc(-c2cccc(S(C)(=O)=O)c2)[nH]1. The number of hydrogen-bond donors (Lipinski definition) is 2. The number of halogens is 3. The number of nitrogens with zero attached hydrogens (tertiary/aromatic N) is 1. The van der Waals surface area contributed by atoms with Crippen molar-refractivity contribution in [2.24, 2.45) is 10.7 Å². The Balaban J connectivity index is 2.45. The maximum atomic E-state index is 12.9. The van der Waals surface area contributed by atoms with Gasteiger partial charge in [-0.05, 0) is 42.8 Å². The van der Waals surface area contributed by atoms with Crippen molar-refractivity contribution in [3.63, 3.8) is 0 Å². The molecule has 0 fully saturated rings. The molecule has 162 valence electrons. The van der Waals surface area contributed by atoms with Gasteiger partial charge < -0.3 is 15.5 Å². The number of esters is 1. The molecule has 3 N–H and O–H groups in total. The Labute approximate surface area is 171 Å². The number of aromatic amines is 1. The fourth-order valence-electron chi connectivity index (χ4n) is 2.40. The maximum Gasteiger partial charge on any atom is 0.430 e. The highest BCUT2D eigenvalue weighted by molar-refractivity contribution is 7.90. The van der Waals surface area contributed by atoms with Gasteiger partial charge in [-0.15, -0.1) is 0 Å². The van der Waals surface area contributed by atoms with E-state index in [0.29, 0.717) is 17.3 Å². The molecule has 2 aromatic rings. The monoisotopic (exact) mass is 443 g/mol. The molecule has 0 atom stereocenters. The fraction of sp³-hybridized carbons (Fsp3) is 0.263. The first kappa shape index (κ1) is 23.2. The van der Waals surface area contributed by atoms with Crippen molar-refractivity contribution in [2.45, 2.75) is 18.0 Å². The standard InChI is InChI=1S/C19H20F3N3O4S/c1-3-29-18(26)11-24-16(10-17(23)19(20,21)22)15-8-7-14(25-15)12-5-4-6-13(9-12)30(2,27)28/h4-10,25H,3,11,23H2,1-2H3. The van der Waals surface area contributed by atoms with Crippen molar-refractivity contribution in [3.8, 4) is 11.3 Å². The van der Waals surface area contributed by atoms with Crippen molar-refractivity contribution in [2.75, 3.05) is 19.4 Å². The lowest BCUT2D eigenvalue weighted by Gasteiger charge is -2.08. The zero-order valence-electron chi connectivity index (χ0n) is 16.2. The van der Waals surface area contributed by atoms with Crippen LogP contribution in [0.2, 0.25) is 0 Å². The van der Waals surface area contributed by atoms with Crippen molar-refractivity contribution >= 4 is 21.5 Å². The number of benzene rings is 1. The number of hydrogen-bond acceptors (Lipinski definition) is 6. The molecule has 0 spiro atoms. The second-order valence-electron chi connectivity index (χ2n) is 6.19. The van der Waals surface area contributed by atoms with Crippen molar-refractivity contribution in [1.82, 2.24) is 4.98 Å². The molecule has 0 aliphatic rings. The van der Waals surface area contributed by atoms with Crippen LogP contribution in [0.25, 0.3) is 11.3 Å². The first-order valence-corrected chi connectivity index (χ1v) is 10.5. The molecule has 1 aromatic heterocycles. The summed E-state index contributed by atoms with van der Waals surface area (Å²) in [7, 11) is -3.44. The molecule has 0 amide bonds. The van der Waals surface area contributed by atoms with Gasteiger partial charge in [0, 0.05) is 11.9 Å². The Bertz CT molecular complexity index is 1090. The summed E-state index contributed by atoms with van der Waals surface area (Å²) in [5.74, 6) is -0.707. The first-order chi connectivity index (χ1) is 13.9. The van der Waals surface area contributed by atoms with Crippen LogP contribution >= 0.6 is 0 Å². The van der Waals surface area contributed by atoms with Gasteiger partial charge in [0.15, 0.2) is 9.84 Å². The lowest BCUT2D eigenvalue weighted by atomic mass is 10.2. The number of nitrogens with one attached hydrogen (secondary N) is 1. The Morgan fingerprint density at radius 1 is 1.27 bits per heavy atom. The van der Waals surface area contributed by atoms with Crippen molar-refractivity contribution in [3.05, 3.63) is 53.9 Å². The summed E-state index contributed by atoms with van der Waals surface area (Å²) in [6.07, 6.45) is -3.09. The van der Waals surface area contributed by atoms with Crippen LogP contribution in [0.5, 0.6) is 0 Å². The minimum absolute atomic E-state index is 0.0913. The van der Waals surface area contributed by atoms with Gasteiger partial charge in [-0.25, -0.2) is 8.42 Å². The van der Waals surface area contributed by atoms with Crippen LogP contribution in [-0.4, -0.2) is 50.7 Å². The molecule has 0 aliphatic carbocycles. The third-order valence-electron chi connectivity index (χ3n) is 3.84. The molecule has 0 saturated heterocycles. The van der Waals surface area contributed by atoms with Crippen LogP contribution in [0.1, 0.15) is 12.6 Å². The summed E-state index contributed by atoms with van der Waals surface area (Å²) < 4.78 is 66.8. The highest BCUT2D eigenvalue weighted by Gasteiger charge is 2.32. The molecule has 1 aromatic carbocycles. The fourth-order valence-corrected chi connectivity index (χ4v) is 3.07. The topological polar surface area (TPSA) is 115 Å². The molecule has 0 bridgehead atoms. The average Bonchev–Trinajstić information content (AvgIpc) is 3.14. The van der Waals surface area contributed by atoms with E-state index in [1.807, 2.05) is 0 Å². The van der Waals surface area contributed by atoms with Crippen LogP contribution in [-0.2, 0) is 19.4 Å². The van der Waals surface area contributed by atoms with Crippen LogP contribution in [0.15, 0.2) is 58.1 Å². The van der Waals surface area contributed by atoms with E-state index in [1.165, 1.54) is 18.2 Å². The van der Waals surface area contributed by atoms with Crippen LogP contribution in [0.3, 0.4) is 0 Å². The molecule has 0 unspecified atom stereocenters. The zero-order valence-corrected chi connectivity index (χ0v) is 17.0. The molecule has 1 heterocycles. The molecule has 30 heavy (non-hydrogen) atoms. The molecular weight excluding hydrogens is 423 g/mol. The lowest BCUT2D eigenvalue weighted by molar-refractivity contribution is -0.141. The number of carbonyl (C=O) groups excluding carboxylic acids is 1. The predicted molar refractivity (Wildman–Crippen MR) is 106 cm³/mol. The van der Waals surface area contributed by atoms with Gasteiger partial charge in [-0.3, -0.25) is 9.79 Å². The van der Waals surface area contributed by atoms with E-state index >= 15 is 0 Å².